The van der Waals surface area contributed by atoms with E-state index >= 15 is 0 Å². The molecule has 0 aliphatic heterocycles. The van der Waals surface area contributed by atoms with Crippen LogP contribution in [0.4, 0.5) is 0 Å². The maximum atomic E-state index is 3.31. The molecule has 0 amide bonds. The molecule has 0 aromatic carbocycles. The van der Waals surface area contributed by atoms with Gasteiger partial charge in [-0.05, 0) is 0 Å². The average molecular weight is 476 g/mol. The summed E-state index contributed by atoms with van der Waals surface area (Å²) in [6, 6.07) is 0. The molecule has 0 unspecified atom stereocenters. The van der Waals surface area contributed by atoms with Crippen molar-refractivity contribution in [2.24, 2.45) is 0 Å². The summed E-state index contributed by atoms with van der Waals surface area (Å²) in [5.41, 5.74) is 0. The van der Waals surface area contributed by atoms with Crippen molar-refractivity contribution in [3.05, 3.63) is 0 Å². The standard InChI is InChI=1S/Al.Bi.3BrH/h;;3*1H/q;+3;;;/p-3. The number of rotatable bonds is 0. The van der Waals surface area contributed by atoms with Crippen LogP contribution in [-0.2, 0) is 0 Å². The van der Waals surface area contributed by atoms with Gasteiger partial charge < -0.3 is 0 Å². The molecule has 0 N–H and O–H groups in total. The van der Waals surface area contributed by atoms with Crippen molar-refractivity contribution in [1.82, 2.24) is 0 Å². The van der Waals surface area contributed by atoms with Crippen molar-refractivity contribution >= 4 is 68.7 Å². The van der Waals surface area contributed by atoms with Crippen molar-refractivity contribution in [2.75, 3.05) is 0 Å². The Bertz CT molecular complexity index is 11.6. The summed E-state index contributed by atoms with van der Waals surface area (Å²) in [7, 11) is 0. The van der Waals surface area contributed by atoms with E-state index in [0.717, 1.165) is 0 Å². The van der Waals surface area contributed by atoms with Crippen LogP contribution >= 0.6 is 36.7 Å². The Morgan fingerprint density at radius 3 is 1.00 bits per heavy atom. The van der Waals surface area contributed by atoms with E-state index in [9.17, 15) is 0 Å². The van der Waals surface area contributed by atoms with Gasteiger partial charge in [-0.1, -0.05) is 0 Å². The Kier molecular flexibility index (Phi) is 14.8. The molecule has 0 aromatic rings. The van der Waals surface area contributed by atoms with E-state index in [0.29, 0.717) is 0 Å². The predicted octanol–water partition coefficient (Wildman–Crippen LogP) is 1.78. The molecule has 0 spiro atoms. The average Bonchev–Trinajstić information content (AvgIpc) is 0.811. The van der Waals surface area contributed by atoms with Gasteiger partial charge in [0.25, 0.3) is 0 Å². The summed E-state index contributed by atoms with van der Waals surface area (Å²) in [4.78, 5) is 0. The van der Waals surface area contributed by atoms with Gasteiger partial charge in [0.15, 0.2) is 0 Å². The summed E-state index contributed by atoms with van der Waals surface area (Å²) in [6.07, 6.45) is 0. The van der Waals surface area contributed by atoms with Crippen LogP contribution in [0, 0.1) is 0 Å². The molecule has 0 saturated heterocycles. The number of hydrogen-bond donors (Lipinski definition) is 0. The molecule has 0 atom stereocenters. The van der Waals surface area contributed by atoms with Crippen LogP contribution in [0.15, 0.2) is 0 Å². The minimum absolute atomic E-state index is 0. The van der Waals surface area contributed by atoms with Gasteiger partial charge in [0.05, 0.1) is 0 Å². The summed E-state index contributed by atoms with van der Waals surface area (Å²) in [5.74, 6) is 0. The molecular weight excluding hydrogens is 476 g/mol. The van der Waals surface area contributed by atoms with Gasteiger partial charge in [-0.15, -0.1) is 0 Å². The fourth-order valence-corrected chi connectivity index (χ4v) is 0. The first-order valence-electron chi connectivity index (χ1n) is 0.507. The van der Waals surface area contributed by atoms with Crippen molar-refractivity contribution in [3.63, 3.8) is 0 Å². The summed E-state index contributed by atoms with van der Waals surface area (Å²) >= 11 is 8.77. The van der Waals surface area contributed by atoms with Crippen LogP contribution in [0.1, 0.15) is 0 Å². The normalized spacial score (nSPS) is 7.20. The van der Waals surface area contributed by atoms with E-state index in [1.165, 1.54) is 0 Å². The van der Waals surface area contributed by atoms with Crippen molar-refractivity contribution in [2.45, 2.75) is 0 Å². The first-order chi connectivity index (χ1) is 1.73. The van der Waals surface area contributed by atoms with E-state index in [2.05, 4.69) is 36.7 Å². The van der Waals surface area contributed by atoms with Crippen molar-refractivity contribution in [1.29, 1.82) is 0 Å². The Labute approximate surface area is 67.2 Å². The molecule has 0 nitrogen and oxygen atoms in total. The van der Waals surface area contributed by atoms with Crippen LogP contribution in [-0.4, -0.2) is 32.1 Å². The molecule has 0 heterocycles. The van der Waals surface area contributed by atoms with Gasteiger partial charge in [-0.25, -0.2) is 0 Å². The third kappa shape index (κ3) is 19.8. The monoisotopic (exact) mass is 473 g/mol. The second kappa shape index (κ2) is 6.86. The van der Waals surface area contributed by atoms with E-state index in [4.69, 9.17) is 0 Å². The molecule has 29 valence electrons. The van der Waals surface area contributed by atoms with Crippen molar-refractivity contribution < 1.29 is 0 Å². The number of hydrogen-bond acceptors (Lipinski definition) is 0. The predicted molar refractivity (Wildman–Crippen MR) is 38.3 cm³/mol. The van der Waals surface area contributed by atoms with Gasteiger partial charge in [-0.2, -0.15) is 0 Å². The van der Waals surface area contributed by atoms with Crippen LogP contribution in [0.2, 0.25) is 0 Å². The van der Waals surface area contributed by atoms with E-state index in [1.807, 2.05) is 0 Å². The maximum absolute atomic E-state index is 3.31. The SMILES string of the molecule is [Al].[Br][Bi]([Br])[Br]. The third-order valence-corrected chi connectivity index (χ3v) is 0. The van der Waals surface area contributed by atoms with Crippen LogP contribution in [0.5, 0.6) is 0 Å². The first kappa shape index (κ1) is 10.8. The number of halogens is 3. The van der Waals surface area contributed by atoms with Gasteiger partial charge in [0.1, 0.15) is 0 Å². The Hall–Kier alpha value is 2.86. The quantitative estimate of drug-likeness (QED) is 0.469. The topological polar surface area (TPSA) is 0 Å². The van der Waals surface area contributed by atoms with Crippen molar-refractivity contribution in [3.8, 4) is 0 Å². The molecule has 0 fully saturated rings. The molecule has 5 heteroatoms. The summed E-state index contributed by atoms with van der Waals surface area (Å²) in [5, 5.41) is 0. The zero-order valence-corrected chi connectivity index (χ0v) is 11.5. The van der Waals surface area contributed by atoms with E-state index < -0.39 is 14.7 Å². The molecule has 0 aliphatic rings. The molecule has 0 saturated carbocycles. The van der Waals surface area contributed by atoms with E-state index in [-0.39, 0.29) is 17.4 Å². The Morgan fingerprint density at radius 1 is 1.00 bits per heavy atom. The zero-order chi connectivity index (χ0) is 3.58. The van der Waals surface area contributed by atoms with Gasteiger partial charge in [0.2, 0.25) is 0 Å². The van der Waals surface area contributed by atoms with Crippen LogP contribution < -0.4 is 0 Å². The third-order valence-electron chi connectivity index (χ3n) is 0. The van der Waals surface area contributed by atoms with Crippen LogP contribution in [0.25, 0.3) is 0 Å². The molecule has 5 heavy (non-hydrogen) atoms. The second-order valence-electron chi connectivity index (χ2n) is 0.192. The van der Waals surface area contributed by atoms with Crippen LogP contribution in [0.3, 0.4) is 0 Å². The minimum atomic E-state index is -1.16. The van der Waals surface area contributed by atoms with E-state index in [1.54, 1.807) is 0 Å². The molecule has 3 radical (unpaired) electrons. The molecule has 0 bridgehead atoms. The van der Waals surface area contributed by atoms with Gasteiger partial charge in [-0.3, -0.25) is 0 Å². The molecule has 0 aliphatic carbocycles. The van der Waals surface area contributed by atoms with Gasteiger partial charge in [0, 0.05) is 17.4 Å². The Morgan fingerprint density at radius 2 is 1.00 bits per heavy atom. The Balaban J connectivity index is 0. The summed E-state index contributed by atoms with van der Waals surface area (Å²) in [6.45, 7) is 0. The fraction of sp³-hybridized carbons (Fsp3) is 0. The molecule has 0 aromatic heterocycles. The summed E-state index contributed by atoms with van der Waals surface area (Å²) < 4.78 is 0. The van der Waals surface area contributed by atoms with Gasteiger partial charge >= 0.3 is 51.4 Å². The molecular formula is AlBiBr3. The zero-order valence-electron chi connectivity index (χ0n) is 2.16. The first-order valence-corrected chi connectivity index (χ1v) is 23.1. The fourth-order valence-electron chi connectivity index (χ4n) is 0. The second-order valence-corrected chi connectivity index (χ2v) is 45.4. The molecule has 0 rings (SSSR count).